The van der Waals surface area contributed by atoms with E-state index in [1.54, 1.807) is 0 Å². The molecule has 2 aromatic rings. The van der Waals surface area contributed by atoms with Crippen molar-refractivity contribution in [1.82, 2.24) is 5.32 Å². The number of halogens is 1. The molecule has 2 N–H and O–H groups in total. The summed E-state index contributed by atoms with van der Waals surface area (Å²) in [5, 5.41) is 4.82. The molecule has 0 heterocycles. The van der Waals surface area contributed by atoms with Gasteiger partial charge in [-0.3, -0.25) is 9.59 Å². The van der Waals surface area contributed by atoms with Gasteiger partial charge in [0.1, 0.15) is 18.2 Å². The Bertz CT molecular complexity index is 669. The van der Waals surface area contributed by atoms with E-state index in [0.29, 0.717) is 11.4 Å². The highest BCUT2D eigenvalue weighted by molar-refractivity contribution is 6.39. The van der Waals surface area contributed by atoms with Crippen molar-refractivity contribution in [3.63, 3.8) is 0 Å². The van der Waals surface area contributed by atoms with Gasteiger partial charge in [-0.05, 0) is 43.3 Å². The number of hydrogen-bond acceptors (Lipinski definition) is 3. The second-order valence-corrected chi connectivity index (χ2v) is 4.88. The van der Waals surface area contributed by atoms with E-state index in [9.17, 15) is 14.0 Å². The fourth-order valence-electron chi connectivity index (χ4n) is 1.77. The average Bonchev–Trinajstić information content (AvgIpc) is 2.55. The molecule has 0 saturated heterocycles. The first kappa shape index (κ1) is 16.5. The molecule has 0 aliphatic heterocycles. The minimum Gasteiger partial charge on any atom is -0.492 e. The molecule has 0 radical (unpaired) electrons. The number of amides is 2. The molecule has 0 aliphatic rings. The number of ether oxygens (including phenoxy) is 1. The Morgan fingerprint density at radius 3 is 2.30 bits per heavy atom. The molecule has 0 aliphatic carbocycles. The van der Waals surface area contributed by atoms with E-state index < -0.39 is 17.6 Å². The van der Waals surface area contributed by atoms with Crippen LogP contribution >= 0.6 is 0 Å². The van der Waals surface area contributed by atoms with Crippen LogP contribution in [0.25, 0.3) is 0 Å². The van der Waals surface area contributed by atoms with Gasteiger partial charge in [0.15, 0.2) is 0 Å². The minimum absolute atomic E-state index is 0.198. The fourth-order valence-corrected chi connectivity index (χ4v) is 1.77. The fraction of sp³-hybridized carbons (Fsp3) is 0.176. The molecule has 2 rings (SSSR count). The summed E-state index contributed by atoms with van der Waals surface area (Å²) in [6.07, 6.45) is 0. The van der Waals surface area contributed by atoms with Crippen LogP contribution in [0.1, 0.15) is 5.56 Å². The quantitative estimate of drug-likeness (QED) is 0.657. The predicted octanol–water partition coefficient (Wildman–Crippen LogP) is 2.27. The number of benzene rings is 2. The van der Waals surface area contributed by atoms with Gasteiger partial charge >= 0.3 is 11.8 Å². The second kappa shape index (κ2) is 7.93. The van der Waals surface area contributed by atoms with Crippen molar-refractivity contribution >= 4 is 17.5 Å². The summed E-state index contributed by atoms with van der Waals surface area (Å²) in [4.78, 5) is 23.3. The maximum atomic E-state index is 12.7. The van der Waals surface area contributed by atoms with E-state index in [0.717, 1.165) is 5.56 Å². The van der Waals surface area contributed by atoms with Crippen molar-refractivity contribution in [2.75, 3.05) is 18.5 Å². The molecule has 120 valence electrons. The third kappa shape index (κ3) is 5.43. The number of carbonyl (C=O) groups is 2. The molecule has 6 heteroatoms. The Morgan fingerprint density at radius 2 is 1.65 bits per heavy atom. The van der Waals surface area contributed by atoms with Gasteiger partial charge in [0.2, 0.25) is 0 Å². The van der Waals surface area contributed by atoms with Gasteiger partial charge < -0.3 is 15.4 Å². The van der Waals surface area contributed by atoms with Gasteiger partial charge in [0.25, 0.3) is 0 Å². The molecule has 0 aromatic heterocycles. The molecule has 0 saturated carbocycles. The van der Waals surface area contributed by atoms with E-state index >= 15 is 0 Å². The van der Waals surface area contributed by atoms with Gasteiger partial charge in [-0.1, -0.05) is 17.7 Å². The average molecular weight is 316 g/mol. The lowest BCUT2D eigenvalue weighted by Crippen LogP contribution is -2.37. The molecule has 0 spiro atoms. The van der Waals surface area contributed by atoms with Crippen LogP contribution < -0.4 is 15.4 Å². The molecule has 5 nitrogen and oxygen atoms in total. The maximum Gasteiger partial charge on any atom is 0.313 e. The molecule has 23 heavy (non-hydrogen) atoms. The van der Waals surface area contributed by atoms with E-state index in [1.165, 1.54) is 24.3 Å². The summed E-state index contributed by atoms with van der Waals surface area (Å²) in [5.41, 5.74) is 1.48. The summed E-state index contributed by atoms with van der Waals surface area (Å²) in [6.45, 7) is 2.42. The van der Waals surface area contributed by atoms with Crippen LogP contribution in [0.2, 0.25) is 0 Å². The molecular formula is C17H17FN2O3. The Balaban J connectivity index is 1.70. The third-order valence-corrected chi connectivity index (χ3v) is 2.99. The van der Waals surface area contributed by atoms with Crippen LogP contribution in [0.5, 0.6) is 5.75 Å². The monoisotopic (exact) mass is 316 g/mol. The largest absolute Gasteiger partial charge is 0.492 e. The van der Waals surface area contributed by atoms with Crippen LogP contribution in [0.15, 0.2) is 48.5 Å². The Labute approximate surface area is 133 Å². The zero-order valence-corrected chi connectivity index (χ0v) is 12.6. The first-order chi connectivity index (χ1) is 11.0. The summed E-state index contributed by atoms with van der Waals surface area (Å²) in [6, 6.07) is 12.7. The number of rotatable bonds is 5. The minimum atomic E-state index is -0.813. The van der Waals surface area contributed by atoms with Gasteiger partial charge in [-0.25, -0.2) is 4.39 Å². The SMILES string of the molecule is Cc1ccc(OCCNC(=O)C(=O)Nc2ccc(F)cc2)cc1. The van der Waals surface area contributed by atoms with Gasteiger partial charge in [0.05, 0.1) is 6.54 Å². The lowest BCUT2D eigenvalue weighted by molar-refractivity contribution is -0.136. The molecule has 0 unspecified atom stereocenters. The number of hydrogen-bond donors (Lipinski definition) is 2. The van der Waals surface area contributed by atoms with Crippen molar-refractivity contribution in [1.29, 1.82) is 0 Å². The Kier molecular flexibility index (Phi) is 5.68. The Hall–Kier alpha value is -2.89. The summed E-state index contributed by atoms with van der Waals surface area (Å²) in [7, 11) is 0. The summed E-state index contributed by atoms with van der Waals surface area (Å²) < 4.78 is 18.2. The van der Waals surface area contributed by atoms with Crippen LogP contribution in [-0.2, 0) is 9.59 Å². The van der Waals surface area contributed by atoms with Crippen molar-refractivity contribution in [3.05, 3.63) is 59.9 Å². The van der Waals surface area contributed by atoms with Crippen LogP contribution in [0.4, 0.5) is 10.1 Å². The number of carbonyl (C=O) groups excluding carboxylic acids is 2. The number of anilines is 1. The highest BCUT2D eigenvalue weighted by Crippen LogP contribution is 2.11. The second-order valence-electron chi connectivity index (χ2n) is 4.88. The van der Waals surface area contributed by atoms with E-state index in [4.69, 9.17) is 4.74 Å². The summed E-state index contributed by atoms with van der Waals surface area (Å²) in [5.74, 6) is -1.31. The standard InChI is InChI=1S/C17H17FN2O3/c1-12-2-8-15(9-3-12)23-11-10-19-16(21)17(22)20-14-6-4-13(18)5-7-14/h2-9H,10-11H2,1H3,(H,19,21)(H,20,22). The smallest absolute Gasteiger partial charge is 0.313 e. The number of nitrogens with one attached hydrogen (secondary N) is 2. The highest BCUT2D eigenvalue weighted by atomic mass is 19.1. The lowest BCUT2D eigenvalue weighted by atomic mass is 10.2. The molecule has 0 atom stereocenters. The van der Waals surface area contributed by atoms with E-state index in [1.807, 2.05) is 31.2 Å². The van der Waals surface area contributed by atoms with E-state index in [-0.39, 0.29) is 13.2 Å². The highest BCUT2D eigenvalue weighted by Gasteiger charge is 2.12. The Morgan fingerprint density at radius 1 is 1.00 bits per heavy atom. The molecule has 0 fully saturated rings. The molecular weight excluding hydrogens is 299 g/mol. The van der Waals surface area contributed by atoms with Crippen molar-refractivity contribution in [2.24, 2.45) is 0 Å². The predicted molar refractivity (Wildman–Crippen MR) is 84.7 cm³/mol. The molecule has 2 aromatic carbocycles. The zero-order valence-electron chi connectivity index (χ0n) is 12.6. The van der Waals surface area contributed by atoms with Crippen LogP contribution in [0.3, 0.4) is 0 Å². The van der Waals surface area contributed by atoms with Crippen molar-refractivity contribution < 1.29 is 18.7 Å². The molecule has 2 amide bonds. The normalized spacial score (nSPS) is 10.0. The van der Waals surface area contributed by atoms with Crippen LogP contribution in [0, 0.1) is 12.7 Å². The van der Waals surface area contributed by atoms with E-state index in [2.05, 4.69) is 10.6 Å². The van der Waals surface area contributed by atoms with Gasteiger partial charge in [0, 0.05) is 5.69 Å². The topological polar surface area (TPSA) is 67.4 Å². The van der Waals surface area contributed by atoms with Crippen molar-refractivity contribution in [2.45, 2.75) is 6.92 Å². The summed E-state index contributed by atoms with van der Waals surface area (Å²) >= 11 is 0. The van der Waals surface area contributed by atoms with Crippen LogP contribution in [-0.4, -0.2) is 25.0 Å². The van der Waals surface area contributed by atoms with Crippen molar-refractivity contribution in [3.8, 4) is 5.75 Å². The molecule has 0 bridgehead atoms. The number of aryl methyl sites for hydroxylation is 1. The third-order valence-electron chi connectivity index (χ3n) is 2.99. The first-order valence-corrected chi connectivity index (χ1v) is 7.09. The van der Waals surface area contributed by atoms with Gasteiger partial charge in [-0.15, -0.1) is 0 Å². The lowest BCUT2D eigenvalue weighted by Gasteiger charge is -2.08. The zero-order chi connectivity index (χ0) is 16.7. The first-order valence-electron chi connectivity index (χ1n) is 7.09. The maximum absolute atomic E-state index is 12.7. The van der Waals surface area contributed by atoms with Gasteiger partial charge in [-0.2, -0.15) is 0 Å².